The van der Waals surface area contributed by atoms with Crippen LogP contribution in [0.4, 0.5) is 0 Å². The maximum absolute atomic E-state index is 11.5. The van der Waals surface area contributed by atoms with Crippen LogP contribution in [0.2, 0.25) is 0 Å². The number of ether oxygens (including phenoxy) is 1. The molecular weight excluding hydrogens is 296 g/mol. The van der Waals surface area contributed by atoms with Gasteiger partial charge in [-0.3, -0.25) is 0 Å². The number of carbonyl (C=O) groups excluding carboxylic acids is 1. The summed E-state index contributed by atoms with van der Waals surface area (Å²) in [5.41, 5.74) is 0. The minimum absolute atomic E-state index is 0.0222. The van der Waals surface area contributed by atoms with Gasteiger partial charge < -0.3 is 4.74 Å². The topological polar surface area (TPSA) is 60.4 Å². The number of hydrogen-bond acceptors (Lipinski definition) is 5. The van der Waals surface area contributed by atoms with Crippen LogP contribution < -0.4 is 0 Å². The molecule has 1 aromatic heterocycles. The van der Waals surface area contributed by atoms with Crippen molar-refractivity contribution in [2.45, 2.75) is 11.8 Å². The highest BCUT2D eigenvalue weighted by Crippen LogP contribution is 2.29. The Balaban J connectivity index is 2.49. The van der Waals surface area contributed by atoms with Gasteiger partial charge in [0.15, 0.2) is 0 Å². The van der Waals surface area contributed by atoms with E-state index in [0.29, 0.717) is 16.2 Å². The lowest BCUT2D eigenvalue weighted by molar-refractivity contribution is 0.0532. The summed E-state index contributed by atoms with van der Waals surface area (Å²) in [4.78, 5) is 12.0. The van der Waals surface area contributed by atoms with Crippen molar-refractivity contribution in [1.82, 2.24) is 0 Å². The van der Waals surface area contributed by atoms with Crippen LogP contribution in [-0.2, 0) is 13.8 Å². The Kier molecular flexibility index (Phi) is 3.61. The molecule has 0 N–H and O–H groups in total. The molecule has 0 unspecified atom stereocenters. The van der Waals surface area contributed by atoms with E-state index < -0.39 is 15.0 Å². The van der Waals surface area contributed by atoms with Gasteiger partial charge in [-0.25, -0.2) is 13.2 Å². The summed E-state index contributed by atoms with van der Waals surface area (Å²) in [5, 5.41) is 0.784. The molecule has 96 valence electrons. The molecule has 0 saturated heterocycles. The Bertz CT molecular complexity index is 703. The van der Waals surface area contributed by atoms with Gasteiger partial charge in [-0.1, -0.05) is 6.07 Å². The van der Waals surface area contributed by atoms with Crippen molar-refractivity contribution in [3.63, 3.8) is 0 Å². The first kappa shape index (κ1) is 13.3. The van der Waals surface area contributed by atoms with Gasteiger partial charge in [0.1, 0.15) is 4.88 Å². The quantitative estimate of drug-likeness (QED) is 0.646. The van der Waals surface area contributed by atoms with Crippen molar-refractivity contribution < 1.29 is 17.9 Å². The van der Waals surface area contributed by atoms with Gasteiger partial charge in [-0.05, 0) is 30.5 Å². The van der Waals surface area contributed by atoms with Gasteiger partial charge in [0.25, 0.3) is 9.05 Å². The SMILES string of the molecule is CCOC(=O)c1cc2ccc(S(=O)(=O)Cl)cc2s1. The van der Waals surface area contributed by atoms with Gasteiger partial charge in [0.05, 0.1) is 11.5 Å². The van der Waals surface area contributed by atoms with Crippen LogP contribution in [0.3, 0.4) is 0 Å². The molecule has 0 aliphatic rings. The van der Waals surface area contributed by atoms with E-state index in [9.17, 15) is 13.2 Å². The molecule has 2 rings (SSSR count). The number of rotatable bonds is 3. The average molecular weight is 305 g/mol. The first-order valence-electron chi connectivity index (χ1n) is 5.07. The van der Waals surface area contributed by atoms with Crippen LogP contribution in [0.15, 0.2) is 29.2 Å². The fourth-order valence-electron chi connectivity index (χ4n) is 1.47. The molecule has 0 aliphatic heterocycles. The lowest BCUT2D eigenvalue weighted by atomic mass is 10.2. The third-order valence-electron chi connectivity index (χ3n) is 2.25. The fraction of sp³-hybridized carbons (Fsp3) is 0.182. The Morgan fingerprint density at radius 2 is 2.11 bits per heavy atom. The van der Waals surface area contributed by atoms with Crippen molar-refractivity contribution in [3.05, 3.63) is 29.1 Å². The summed E-state index contributed by atoms with van der Waals surface area (Å²) in [6.07, 6.45) is 0. The highest BCUT2D eigenvalue weighted by Gasteiger charge is 2.14. The molecule has 0 atom stereocenters. The van der Waals surface area contributed by atoms with E-state index in [1.165, 1.54) is 23.5 Å². The molecule has 4 nitrogen and oxygen atoms in total. The standard InChI is InChI=1S/C11H9ClO4S2/c1-2-16-11(13)10-5-7-3-4-8(18(12,14)15)6-9(7)17-10/h3-6H,2H2,1H3. The van der Waals surface area contributed by atoms with E-state index in [1.807, 2.05) is 0 Å². The molecule has 7 heteroatoms. The summed E-state index contributed by atoms with van der Waals surface area (Å²) in [7, 11) is 1.51. The molecule has 0 amide bonds. The third kappa shape index (κ3) is 2.66. The second-order valence-corrected chi connectivity index (χ2v) is 7.12. The highest BCUT2D eigenvalue weighted by atomic mass is 35.7. The molecule has 0 fully saturated rings. The van der Waals surface area contributed by atoms with Crippen LogP contribution >= 0.6 is 22.0 Å². The predicted octanol–water partition coefficient (Wildman–Crippen LogP) is 3.01. The van der Waals surface area contributed by atoms with Crippen molar-refractivity contribution in [2.24, 2.45) is 0 Å². The van der Waals surface area contributed by atoms with Gasteiger partial charge >= 0.3 is 5.97 Å². The van der Waals surface area contributed by atoms with Crippen molar-refractivity contribution >= 4 is 47.1 Å². The van der Waals surface area contributed by atoms with Gasteiger partial charge in [-0.2, -0.15) is 0 Å². The summed E-state index contributed by atoms with van der Waals surface area (Å²) in [6.45, 7) is 2.03. The second-order valence-electron chi connectivity index (χ2n) is 3.47. The van der Waals surface area contributed by atoms with E-state index in [2.05, 4.69) is 0 Å². The number of benzene rings is 1. The van der Waals surface area contributed by atoms with Crippen LogP contribution in [0.25, 0.3) is 10.1 Å². The molecule has 0 radical (unpaired) electrons. The van der Waals surface area contributed by atoms with Crippen LogP contribution in [0.1, 0.15) is 16.6 Å². The molecule has 0 aliphatic carbocycles. The van der Waals surface area contributed by atoms with E-state index in [-0.39, 0.29) is 4.90 Å². The molecule has 1 heterocycles. The molecule has 1 aromatic carbocycles. The molecule has 0 bridgehead atoms. The first-order valence-corrected chi connectivity index (χ1v) is 8.20. The largest absolute Gasteiger partial charge is 0.462 e. The zero-order chi connectivity index (χ0) is 13.3. The van der Waals surface area contributed by atoms with Crippen LogP contribution in [-0.4, -0.2) is 21.0 Å². The maximum Gasteiger partial charge on any atom is 0.348 e. The zero-order valence-electron chi connectivity index (χ0n) is 9.34. The highest BCUT2D eigenvalue weighted by molar-refractivity contribution is 8.13. The van der Waals surface area contributed by atoms with Gasteiger partial charge in [0.2, 0.25) is 0 Å². The minimum atomic E-state index is -3.75. The Morgan fingerprint density at radius 1 is 1.39 bits per heavy atom. The second kappa shape index (κ2) is 4.87. The van der Waals surface area contributed by atoms with E-state index >= 15 is 0 Å². The molecule has 0 spiro atoms. The lowest BCUT2D eigenvalue weighted by Crippen LogP contribution is -2.01. The first-order chi connectivity index (χ1) is 8.41. The minimum Gasteiger partial charge on any atom is -0.462 e. The molecular formula is C11H9ClO4S2. The van der Waals surface area contributed by atoms with Crippen molar-refractivity contribution in [2.75, 3.05) is 6.61 Å². The van der Waals surface area contributed by atoms with Crippen LogP contribution in [0.5, 0.6) is 0 Å². The fourth-order valence-corrected chi connectivity index (χ4v) is 3.31. The average Bonchev–Trinajstić information content (AvgIpc) is 2.70. The summed E-state index contributed by atoms with van der Waals surface area (Å²) in [6, 6.07) is 6.14. The molecule has 2 aromatic rings. The summed E-state index contributed by atoms with van der Waals surface area (Å²) >= 11 is 1.18. The van der Waals surface area contributed by atoms with Gasteiger partial charge in [0, 0.05) is 15.4 Å². The Morgan fingerprint density at radius 3 is 2.72 bits per heavy atom. The number of carbonyl (C=O) groups is 1. The number of fused-ring (bicyclic) bond motifs is 1. The Labute approximate surface area is 113 Å². The summed E-state index contributed by atoms with van der Waals surface area (Å²) in [5.74, 6) is -0.408. The number of thiophene rings is 1. The van der Waals surface area contributed by atoms with E-state index in [1.54, 1.807) is 19.1 Å². The summed E-state index contributed by atoms with van der Waals surface area (Å²) < 4.78 is 28.0. The van der Waals surface area contributed by atoms with Crippen molar-refractivity contribution in [1.29, 1.82) is 0 Å². The monoisotopic (exact) mass is 304 g/mol. The molecule has 18 heavy (non-hydrogen) atoms. The van der Waals surface area contributed by atoms with E-state index in [4.69, 9.17) is 15.4 Å². The lowest BCUT2D eigenvalue weighted by Gasteiger charge is -1.95. The zero-order valence-corrected chi connectivity index (χ0v) is 11.7. The maximum atomic E-state index is 11.5. The van der Waals surface area contributed by atoms with Crippen LogP contribution in [0, 0.1) is 0 Å². The van der Waals surface area contributed by atoms with Gasteiger partial charge in [-0.15, -0.1) is 11.3 Å². The normalized spacial score (nSPS) is 11.7. The predicted molar refractivity (Wildman–Crippen MR) is 70.8 cm³/mol. The smallest absolute Gasteiger partial charge is 0.348 e. The third-order valence-corrected chi connectivity index (χ3v) is 4.68. The Hall–Kier alpha value is -1.11. The number of halogens is 1. The molecule has 0 saturated carbocycles. The number of esters is 1. The van der Waals surface area contributed by atoms with E-state index in [0.717, 1.165) is 5.39 Å². The number of hydrogen-bond donors (Lipinski definition) is 0. The van der Waals surface area contributed by atoms with Crippen molar-refractivity contribution in [3.8, 4) is 0 Å².